The van der Waals surface area contributed by atoms with Crippen LogP contribution >= 0.6 is 0 Å². The van der Waals surface area contributed by atoms with E-state index in [0.717, 1.165) is 17.0 Å². The van der Waals surface area contributed by atoms with Crippen LogP contribution in [0.4, 0.5) is 5.82 Å². The van der Waals surface area contributed by atoms with Gasteiger partial charge in [0.1, 0.15) is 17.8 Å². The quantitative estimate of drug-likeness (QED) is 0.823. The minimum Gasteiger partial charge on any atom is -0.383 e. The molecular formula is C11H13N5. The molecule has 0 aliphatic heterocycles. The molecule has 5 heteroatoms. The summed E-state index contributed by atoms with van der Waals surface area (Å²) in [4.78, 5) is 16.5. The smallest absolute Gasteiger partial charge is 0.130 e. The van der Waals surface area contributed by atoms with Crippen molar-refractivity contribution in [1.82, 2.24) is 19.9 Å². The van der Waals surface area contributed by atoms with Crippen LogP contribution in [0.1, 0.15) is 25.3 Å². The Morgan fingerprint density at radius 1 is 1.12 bits per heavy atom. The molecule has 0 saturated carbocycles. The van der Waals surface area contributed by atoms with Crippen molar-refractivity contribution in [2.75, 3.05) is 5.73 Å². The molecule has 2 N–H and O–H groups in total. The molecule has 2 aromatic rings. The standard InChI is InChI=1S/C11H13N5/c1-7(2)9-10(15-6-16-11(9)12)8-5-13-3-4-14-8/h3-7H,1-2H3,(H2,12,15,16). The summed E-state index contributed by atoms with van der Waals surface area (Å²) in [5.74, 6) is 0.754. The van der Waals surface area contributed by atoms with Crippen LogP contribution in [-0.2, 0) is 0 Å². The molecular weight excluding hydrogens is 202 g/mol. The summed E-state index contributed by atoms with van der Waals surface area (Å²) < 4.78 is 0. The van der Waals surface area contributed by atoms with Gasteiger partial charge in [0.2, 0.25) is 0 Å². The van der Waals surface area contributed by atoms with E-state index in [1.54, 1.807) is 18.6 Å². The van der Waals surface area contributed by atoms with Gasteiger partial charge in [0.15, 0.2) is 0 Å². The van der Waals surface area contributed by atoms with E-state index in [1.807, 2.05) is 0 Å². The van der Waals surface area contributed by atoms with Crippen LogP contribution in [0.15, 0.2) is 24.9 Å². The largest absolute Gasteiger partial charge is 0.383 e. The van der Waals surface area contributed by atoms with Crippen LogP contribution in [0, 0.1) is 0 Å². The van der Waals surface area contributed by atoms with Gasteiger partial charge in [0, 0.05) is 18.0 Å². The van der Waals surface area contributed by atoms with Gasteiger partial charge in [-0.1, -0.05) is 13.8 Å². The topological polar surface area (TPSA) is 77.6 Å². The summed E-state index contributed by atoms with van der Waals surface area (Å²) in [6.07, 6.45) is 6.39. The molecule has 0 aliphatic rings. The van der Waals surface area contributed by atoms with Gasteiger partial charge < -0.3 is 5.73 Å². The number of hydrogen-bond acceptors (Lipinski definition) is 5. The van der Waals surface area contributed by atoms with E-state index in [0.29, 0.717) is 5.82 Å². The maximum absolute atomic E-state index is 5.86. The lowest BCUT2D eigenvalue weighted by Crippen LogP contribution is -2.04. The van der Waals surface area contributed by atoms with Gasteiger partial charge in [-0.2, -0.15) is 0 Å². The first-order valence-electron chi connectivity index (χ1n) is 5.07. The molecule has 2 aromatic heterocycles. The van der Waals surface area contributed by atoms with E-state index in [1.165, 1.54) is 6.33 Å². The van der Waals surface area contributed by atoms with Gasteiger partial charge in [-0.05, 0) is 5.92 Å². The van der Waals surface area contributed by atoms with E-state index < -0.39 is 0 Å². The molecule has 2 heterocycles. The summed E-state index contributed by atoms with van der Waals surface area (Å²) in [6.45, 7) is 4.10. The van der Waals surface area contributed by atoms with Crippen molar-refractivity contribution in [2.45, 2.75) is 19.8 Å². The minimum atomic E-state index is 0.248. The fourth-order valence-electron chi connectivity index (χ4n) is 1.60. The average molecular weight is 215 g/mol. The van der Waals surface area contributed by atoms with Gasteiger partial charge in [0.05, 0.1) is 11.9 Å². The number of rotatable bonds is 2. The Kier molecular flexibility index (Phi) is 2.76. The van der Waals surface area contributed by atoms with Gasteiger partial charge >= 0.3 is 0 Å². The first kappa shape index (κ1) is 10.5. The molecule has 16 heavy (non-hydrogen) atoms. The highest BCUT2D eigenvalue weighted by atomic mass is 14.9. The molecule has 0 atom stereocenters. The fourth-order valence-corrected chi connectivity index (χ4v) is 1.60. The molecule has 0 aliphatic carbocycles. The van der Waals surface area contributed by atoms with E-state index in [9.17, 15) is 0 Å². The number of hydrogen-bond donors (Lipinski definition) is 1. The number of nitrogens with zero attached hydrogens (tertiary/aromatic N) is 4. The predicted molar refractivity (Wildman–Crippen MR) is 61.6 cm³/mol. The Labute approximate surface area is 93.8 Å². The van der Waals surface area contributed by atoms with E-state index >= 15 is 0 Å². The molecule has 0 aromatic carbocycles. The van der Waals surface area contributed by atoms with Crippen molar-refractivity contribution >= 4 is 5.82 Å². The van der Waals surface area contributed by atoms with Crippen LogP contribution in [0.25, 0.3) is 11.4 Å². The molecule has 2 rings (SSSR count). The highest BCUT2D eigenvalue weighted by Crippen LogP contribution is 2.28. The molecule has 0 radical (unpaired) electrons. The zero-order valence-corrected chi connectivity index (χ0v) is 9.25. The lowest BCUT2D eigenvalue weighted by Gasteiger charge is -2.12. The van der Waals surface area contributed by atoms with Crippen LogP contribution in [0.5, 0.6) is 0 Å². The van der Waals surface area contributed by atoms with Crippen molar-refractivity contribution < 1.29 is 0 Å². The molecule has 0 amide bonds. The SMILES string of the molecule is CC(C)c1c(N)ncnc1-c1cnccn1. The molecule has 82 valence electrons. The summed E-state index contributed by atoms with van der Waals surface area (Å²) in [6, 6.07) is 0. The zero-order valence-electron chi connectivity index (χ0n) is 9.25. The molecule has 0 unspecified atom stereocenters. The summed E-state index contributed by atoms with van der Waals surface area (Å²) in [5.41, 5.74) is 8.26. The number of aromatic nitrogens is 4. The Balaban J connectivity index is 2.61. The lowest BCUT2D eigenvalue weighted by atomic mass is 10.0. The maximum atomic E-state index is 5.86. The van der Waals surface area contributed by atoms with Crippen molar-refractivity contribution in [3.63, 3.8) is 0 Å². The Morgan fingerprint density at radius 2 is 1.94 bits per heavy atom. The van der Waals surface area contributed by atoms with Crippen molar-refractivity contribution in [3.8, 4) is 11.4 Å². The zero-order chi connectivity index (χ0) is 11.5. The summed E-state index contributed by atoms with van der Waals surface area (Å²) in [5, 5.41) is 0. The highest BCUT2D eigenvalue weighted by molar-refractivity contribution is 5.64. The third-order valence-electron chi connectivity index (χ3n) is 2.30. The van der Waals surface area contributed by atoms with Crippen molar-refractivity contribution in [1.29, 1.82) is 0 Å². The lowest BCUT2D eigenvalue weighted by molar-refractivity contribution is 0.852. The molecule has 0 saturated heterocycles. The molecule has 0 bridgehead atoms. The summed E-state index contributed by atoms with van der Waals surface area (Å²) in [7, 11) is 0. The van der Waals surface area contributed by atoms with Gasteiger partial charge in [-0.15, -0.1) is 0 Å². The van der Waals surface area contributed by atoms with Gasteiger partial charge in [-0.25, -0.2) is 9.97 Å². The van der Waals surface area contributed by atoms with E-state index in [4.69, 9.17) is 5.73 Å². The van der Waals surface area contributed by atoms with Crippen LogP contribution < -0.4 is 5.73 Å². The van der Waals surface area contributed by atoms with Gasteiger partial charge in [0.25, 0.3) is 0 Å². The Morgan fingerprint density at radius 3 is 2.56 bits per heavy atom. The van der Waals surface area contributed by atoms with Crippen molar-refractivity contribution in [3.05, 3.63) is 30.5 Å². The molecule has 0 fully saturated rings. The average Bonchev–Trinajstić information content (AvgIpc) is 2.29. The predicted octanol–water partition coefficient (Wildman–Crippen LogP) is 1.64. The molecule has 5 nitrogen and oxygen atoms in total. The van der Waals surface area contributed by atoms with Crippen LogP contribution in [0.3, 0.4) is 0 Å². The second-order valence-corrected chi connectivity index (χ2v) is 3.77. The van der Waals surface area contributed by atoms with Gasteiger partial charge in [-0.3, -0.25) is 9.97 Å². The highest BCUT2D eigenvalue weighted by Gasteiger charge is 2.15. The second-order valence-electron chi connectivity index (χ2n) is 3.77. The first-order chi connectivity index (χ1) is 7.70. The maximum Gasteiger partial charge on any atom is 0.130 e. The van der Waals surface area contributed by atoms with Crippen molar-refractivity contribution in [2.24, 2.45) is 0 Å². The van der Waals surface area contributed by atoms with E-state index in [-0.39, 0.29) is 5.92 Å². The second kappa shape index (κ2) is 4.22. The normalized spacial score (nSPS) is 10.7. The Hall–Kier alpha value is -2.04. The number of nitrogen functional groups attached to an aromatic ring is 1. The number of anilines is 1. The molecule has 0 spiro atoms. The fraction of sp³-hybridized carbons (Fsp3) is 0.273. The third kappa shape index (κ3) is 1.84. The number of nitrogens with two attached hydrogens (primary N) is 1. The monoisotopic (exact) mass is 215 g/mol. The van der Waals surface area contributed by atoms with E-state index in [2.05, 4.69) is 33.8 Å². The minimum absolute atomic E-state index is 0.248. The summed E-state index contributed by atoms with van der Waals surface area (Å²) >= 11 is 0. The van der Waals surface area contributed by atoms with Crippen LogP contribution in [-0.4, -0.2) is 19.9 Å². The van der Waals surface area contributed by atoms with Crippen LogP contribution in [0.2, 0.25) is 0 Å². The Bertz CT molecular complexity index is 481. The first-order valence-corrected chi connectivity index (χ1v) is 5.07. The third-order valence-corrected chi connectivity index (χ3v) is 2.30.